The van der Waals surface area contributed by atoms with Crippen LogP contribution in [0.1, 0.15) is 30.0 Å². The minimum Gasteiger partial charge on any atom is -0.376 e. The number of nitrogens with one attached hydrogen (secondary N) is 3. The molecule has 5 rings (SSSR count). The van der Waals surface area contributed by atoms with E-state index in [1.165, 1.54) is 31.3 Å². The summed E-state index contributed by atoms with van der Waals surface area (Å²) in [5.74, 6) is 1.81. The van der Waals surface area contributed by atoms with Crippen LogP contribution < -0.4 is 10.6 Å². The van der Waals surface area contributed by atoms with Gasteiger partial charge in [-0.1, -0.05) is 12.1 Å². The Morgan fingerprint density at radius 2 is 1.89 bits per heavy atom. The fourth-order valence-corrected chi connectivity index (χ4v) is 3.14. The van der Waals surface area contributed by atoms with Crippen molar-refractivity contribution in [1.82, 2.24) is 25.1 Å². The zero-order chi connectivity index (χ0) is 18.3. The van der Waals surface area contributed by atoms with E-state index >= 15 is 0 Å². The van der Waals surface area contributed by atoms with Crippen molar-refractivity contribution in [3.05, 3.63) is 53.7 Å². The quantitative estimate of drug-likeness (QED) is 0.616. The number of hydrogen-bond acceptors (Lipinski definition) is 7. The molecule has 0 amide bonds. The van der Waals surface area contributed by atoms with Gasteiger partial charge in [0, 0.05) is 17.7 Å². The second-order valence-corrected chi connectivity index (χ2v) is 6.95. The minimum absolute atomic E-state index is 0.273. The molecule has 1 saturated heterocycles. The molecule has 138 valence electrons. The van der Waals surface area contributed by atoms with Gasteiger partial charge in [-0.2, -0.15) is 10.1 Å². The first-order valence-corrected chi connectivity index (χ1v) is 8.84. The molecule has 0 bridgehead atoms. The van der Waals surface area contributed by atoms with Crippen molar-refractivity contribution in [2.45, 2.75) is 24.3 Å². The Labute approximate surface area is 154 Å². The number of nitrogens with zero attached hydrogens (tertiary/aromatic N) is 4. The minimum atomic E-state index is -0.474. The van der Waals surface area contributed by atoms with Crippen molar-refractivity contribution >= 4 is 17.7 Å². The molecule has 0 radical (unpaired) electrons. The van der Waals surface area contributed by atoms with E-state index in [-0.39, 0.29) is 5.82 Å². The van der Waals surface area contributed by atoms with Crippen LogP contribution in [0.2, 0.25) is 0 Å². The summed E-state index contributed by atoms with van der Waals surface area (Å²) in [5.41, 5.74) is 1.58. The Balaban J connectivity index is 1.34. The number of ether oxygens (including phenoxy) is 1. The van der Waals surface area contributed by atoms with Crippen molar-refractivity contribution in [1.29, 1.82) is 0 Å². The fraction of sp³-hybridized carbons (Fsp3) is 0.333. The first kappa shape index (κ1) is 16.1. The van der Waals surface area contributed by atoms with Gasteiger partial charge in [-0.3, -0.25) is 5.10 Å². The Bertz CT molecular complexity index is 950. The monoisotopic (exact) mass is 367 g/mol. The Morgan fingerprint density at radius 1 is 1.11 bits per heavy atom. The topological polar surface area (TPSA) is 101 Å². The summed E-state index contributed by atoms with van der Waals surface area (Å²) >= 11 is 0. The highest BCUT2D eigenvalue weighted by Gasteiger charge is 2.41. The van der Waals surface area contributed by atoms with Gasteiger partial charge in [0.1, 0.15) is 17.7 Å². The zero-order valence-electron chi connectivity index (χ0n) is 14.4. The van der Waals surface area contributed by atoms with Crippen LogP contribution in [0.4, 0.5) is 22.1 Å². The number of benzene rings is 1. The third-order valence-electron chi connectivity index (χ3n) is 4.87. The van der Waals surface area contributed by atoms with E-state index in [2.05, 4.69) is 35.8 Å². The molecule has 2 aromatic heterocycles. The lowest BCUT2D eigenvalue weighted by atomic mass is 9.88. The molecule has 1 aliphatic carbocycles. The number of aromatic amines is 1. The van der Waals surface area contributed by atoms with E-state index in [1.807, 2.05) is 6.07 Å². The summed E-state index contributed by atoms with van der Waals surface area (Å²) in [4.78, 5) is 12.8. The van der Waals surface area contributed by atoms with Crippen molar-refractivity contribution in [3.8, 4) is 0 Å². The van der Waals surface area contributed by atoms with Crippen molar-refractivity contribution in [2.75, 3.05) is 23.8 Å². The van der Waals surface area contributed by atoms with E-state index in [0.717, 1.165) is 11.3 Å². The Hall–Kier alpha value is -3.07. The number of hydrogen-bond donors (Lipinski definition) is 3. The number of aromatic nitrogens is 5. The van der Waals surface area contributed by atoms with Crippen LogP contribution in [0.5, 0.6) is 0 Å². The summed E-state index contributed by atoms with van der Waals surface area (Å²) in [6, 6.07) is 8.34. The molecule has 27 heavy (non-hydrogen) atoms. The largest absolute Gasteiger partial charge is 0.376 e. The Kier molecular flexibility index (Phi) is 3.75. The maximum absolute atomic E-state index is 13.2. The molecule has 0 spiro atoms. The zero-order valence-corrected chi connectivity index (χ0v) is 14.4. The highest BCUT2D eigenvalue weighted by Crippen LogP contribution is 2.39. The average molecular weight is 367 g/mol. The van der Waals surface area contributed by atoms with Gasteiger partial charge in [0.05, 0.1) is 13.2 Å². The van der Waals surface area contributed by atoms with Gasteiger partial charge < -0.3 is 15.4 Å². The first-order chi connectivity index (χ1) is 13.2. The molecule has 9 heteroatoms. The first-order valence-electron chi connectivity index (χ1n) is 8.84. The van der Waals surface area contributed by atoms with E-state index < -0.39 is 5.54 Å². The molecule has 2 aliphatic rings. The lowest BCUT2D eigenvalue weighted by Gasteiger charge is -2.42. The van der Waals surface area contributed by atoms with Crippen molar-refractivity contribution < 1.29 is 9.13 Å². The summed E-state index contributed by atoms with van der Waals surface area (Å²) < 4.78 is 18.6. The van der Waals surface area contributed by atoms with Gasteiger partial charge in [-0.15, -0.1) is 0 Å². The standard InChI is InChI=1S/C18H18FN7O/c19-13-5-3-12(4-6-13)18(8-27-9-18)24-17-21-10-20-16(23-17)22-15-7-14(25-26-15)11-1-2-11/h3-7,10-11H,1-2,8-9H2,(H3,20,21,22,23,24,25,26). The van der Waals surface area contributed by atoms with E-state index in [4.69, 9.17) is 4.74 Å². The maximum Gasteiger partial charge on any atom is 0.233 e. The molecule has 3 aromatic rings. The molecule has 1 aromatic carbocycles. The lowest BCUT2D eigenvalue weighted by Crippen LogP contribution is -2.53. The average Bonchev–Trinajstić information content (AvgIpc) is 3.39. The summed E-state index contributed by atoms with van der Waals surface area (Å²) in [7, 11) is 0. The molecular weight excluding hydrogens is 349 g/mol. The van der Waals surface area contributed by atoms with Gasteiger partial charge >= 0.3 is 0 Å². The SMILES string of the molecule is Fc1ccc(C2(Nc3ncnc(Nc4cc(C5CC5)[nH]n4)n3)COC2)cc1. The Morgan fingerprint density at radius 3 is 2.59 bits per heavy atom. The maximum atomic E-state index is 13.2. The van der Waals surface area contributed by atoms with Crippen molar-refractivity contribution in [2.24, 2.45) is 0 Å². The van der Waals surface area contributed by atoms with Gasteiger partial charge in [-0.05, 0) is 30.5 Å². The molecule has 1 aliphatic heterocycles. The fourth-order valence-electron chi connectivity index (χ4n) is 3.14. The van der Waals surface area contributed by atoms with Crippen LogP contribution in [0.3, 0.4) is 0 Å². The molecular formula is C18H18FN7O. The molecule has 3 N–H and O–H groups in total. The van der Waals surface area contributed by atoms with Crippen LogP contribution in [0, 0.1) is 5.82 Å². The third-order valence-corrected chi connectivity index (χ3v) is 4.87. The molecule has 0 atom stereocenters. The number of anilines is 3. The summed E-state index contributed by atoms with van der Waals surface area (Å²) in [6.07, 6.45) is 3.84. The number of halogens is 1. The predicted octanol–water partition coefficient (Wildman–Crippen LogP) is 2.69. The molecule has 8 nitrogen and oxygen atoms in total. The second kappa shape index (κ2) is 6.27. The van der Waals surface area contributed by atoms with Crippen LogP contribution in [0.15, 0.2) is 36.7 Å². The predicted molar refractivity (Wildman–Crippen MR) is 96.2 cm³/mol. The van der Waals surface area contributed by atoms with Crippen LogP contribution in [0.25, 0.3) is 0 Å². The number of rotatable bonds is 6. The normalized spacial score (nSPS) is 18.0. The summed E-state index contributed by atoms with van der Waals surface area (Å²) in [5, 5.41) is 13.7. The second-order valence-electron chi connectivity index (χ2n) is 6.95. The van der Waals surface area contributed by atoms with Gasteiger partial charge in [-0.25, -0.2) is 14.4 Å². The number of H-pyrrole nitrogens is 1. The van der Waals surface area contributed by atoms with Crippen LogP contribution in [-0.2, 0) is 10.3 Å². The van der Waals surface area contributed by atoms with E-state index in [0.29, 0.717) is 36.8 Å². The van der Waals surface area contributed by atoms with E-state index in [9.17, 15) is 4.39 Å². The smallest absolute Gasteiger partial charge is 0.233 e. The van der Waals surface area contributed by atoms with Gasteiger partial charge in [0.25, 0.3) is 0 Å². The van der Waals surface area contributed by atoms with Gasteiger partial charge in [0.2, 0.25) is 11.9 Å². The van der Waals surface area contributed by atoms with E-state index in [1.54, 1.807) is 12.1 Å². The van der Waals surface area contributed by atoms with Crippen LogP contribution >= 0.6 is 0 Å². The molecule has 0 unspecified atom stereocenters. The highest BCUT2D eigenvalue weighted by atomic mass is 19.1. The van der Waals surface area contributed by atoms with Crippen molar-refractivity contribution in [3.63, 3.8) is 0 Å². The lowest BCUT2D eigenvalue weighted by molar-refractivity contribution is -0.0451. The third kappa shape index (κ3) is 3.21. The summed E-state index contributed by atoms with van der Waals surface area (Å²) in [6.45, 7) is 0.911. The molecule has 3 heterocycles. The highest BCUT2D eigenvalue weighted by molar-refractivity contribution is 5.50. The molecule has 1 saturated carbocycles. The molecule has 2 fully saturated rings. The van der Waals surface area contributed by atoms with Gasteiger partial charge in [0.15, 0.2) is 5.82 Å². The van der Waals surface area contributed by atoms with Crippen LogP contribution in [-0.4, -0.2) is 38.4 Å².